The Kier molecular flexibility index (Phi) is 4.13. The molecule has 0 bridgehead atoms. The topological polar surface area (TPSA) is 58.0 Å². The van der Waals surface area contributed by atoms with Gasteiger partial charge in [-0.15, -0.1) is 0 Å². The van der Waals surface area contributed by atoms with Crippen LogP contribution < -0.4 is 5.32 Å². The van der Waals surface area contributed by atoms with Gasteiger partial charge in [0.2, 0.25) is 5.28 Å². The Bertz CT molecular complexity index is 344. The summed E-state index contributed by atoms with van der Waals surface area (Å²) < 4.78 is 0. The quantitative estimate of drug-likeness (QED) is 0.805. The fourth-order valence-electron chi connectivity index (χ4n) is 0.869. The van der Waals surface area contributed by atoms with Crippen molar-refractivity contribution in [1.29, 1.82) is 0 Å². The van der Waals surface area contributed by atoms with E-state index < -0.39 is 5.60 Å². The molecule has 0 saturated heterocycles. The van der Waals surface area contributed by atoms with Crippen LogP contribution in [0.1, 0.15) is 20.3 Å². The molecule has 15 heavy (non-hydrogen) atoms. The van der Waals surface area contributed by atoms with E-state index in [9.17, 15) is 5.11 Å². The zero-order valence-corrected chi connectivity index (χ0v) is 10.1. The zero-order chi connectivity index (χ0) is 11.5. The lowest BCUT2D eigenvalue weighted by molar-refractivity contribution is 0.0696. The summed E-state index contributed by atoms with van der Waals surface area (Å²) in [5, 5.41) is 13.2. The van der Waals surface area contributed by atoms with E-state index in [4.69, 9.17) is 23.2 Å². The molecule has 0 aromatic carbocycles. The SMILES string of the molecule is CCC(C)(O)CNc1nc(Cl)ncc1Cl. The number of aromatic nitrogens is 2. The first kappa shape index (κ1) is 12.5. The Morgan fingerprint density at radius 2 is 2.20 bits per heavy atom. The molecule has 0 aliphatic carbocycles. The van der Waals surface area contributed by atoms with Crippen molar-refractivity contribution >= 4 is 29.0 Å². The molecular weight excluding hydrogens is 237 g/mol. The Labute approximate surface area is 98.6 Å². The number of hydrogen-bond acceptors (Lipinski definition) is 4. The third-order valence-corrected chi connectivity index (χ3v) is 2.57. The Hall–Kier alpha value is -0.580. The van der Waals surface area contributed by atoms with Gasteiger partial charge >= 0.3 is 0 Å². The van der Waals surface area contributed by atoms with Crippen LogP contribution in [-0.2, 0) is 0 Å². The number of rotatable bonds is 4. The highest BCUT2D eigenvalue weighted by molar-refractivity contribution is 6.33. The fraction of sp³-hybridized carbons (Fsp3) is 0.556. The van der Waals surface area contributed by atoms with Crippen LogP contribution in [0.2, 0.25) is 10.3 Å². The molecule has 0 amide bonds. The smallest absolute Gasteiger partial charge is 0.224 e. The van der Waals surface area contributed by atoms with E-state index in [0.717, 1.165) is 0 Å². The first-order valence-corrected chi connectivity index (χ1v) is 5.34. The second-order valence-electron chi connectivity index (χ2n) is 3.54. The highest BCUT2D eigenvalue weighted by Gasteiger charge is 2.17. The van der Waals surface area contributed by atoms with E-state index in [1.807, 2.05) is 6.92 Å². The van der Waals surface area contributed by atoms with Gasteiger partial charge in [0.05, 0.1) is 11.8 Å². The van der Waals surface area contributed by atoms with E-state index in [2.05, 4.69) is 15.3 Å². The number of nitrogens with zero attached hydrogens (tertiary/aromatic N) is 2. The van der Waals surface area contributed by atoms with Gasteiger partial charge in [0.25, 0.3) is 0 Å². The molecule has 1 unspecified atom stereocenters. The molecule has 4 nitrogen and oxygen atoms in total. The molecule has 2 N–H and O–H groups in total. The molecule has 0 saturated carbocycles. The third-order valence-electron chi connectivity index (χ3n) is 2.11. The summed E-state index contributed by atoms with van der Waals surface area (Å²) >= 11 is 11.5. The first-order chi connectivity index (χ1) is 6.94. The van der Waals surface area contributed by atoms with Crippen LogP contribution in [0.4, 0.5) is 5.82 Å². The van der Waals surface area contributed by atoms with Crippen LogP contribution >= 0.6 is 23.2 Å². The van der Waals surface area contributed by atoms with E-state index in [-0.39, 0.29) is 5.28 Å². The van der Waals surface area contributed by atoms with Crippen molar-refractivity contribution in [2.75, 3.05) is 11.9 Å². The summed E-state index contributed by atoms with van der Waals surface area (Å²) in [6.45, 7) is 3.99. The normalized spacial score (nSPS) is 14.7. The number of anilines is 1. The molecule has 0 radical (unpaired) electrons. The molecule has 1 atom stereocenters. The van der Waals surface area contributed by atoms with E-state index in [0.29, 0.717) is 23.8 Å². The maximum atomic E-state index is 9.76. The largest absolute Gasteiger partial charge is 0.388 e. The molecule has 0 aliphatic heterocycles. The van der Waals surface area contributed by atoms with Crippen molar-refractivity contribution in [1.82, 2.24) is 9.97 Å². The average molecular weight is 250 g/mol. The maximum Gasteiger partial charge on any atom is 0.224 e. The summed E-state index contributed by atoms with van der Waals surface area (Å²) in [4.78, 5) is 7.63. The number of halogens is 2. The summed E-state index contributed by atoms with van der Waals surface area (Å²) in [7, 11) is 0. The Morgan fingerprint density at radius 3 is 2.80 bits per heavy atom. The van der Waals surface area contributed by atoms with Crippen molar-refractivity contribution in [2.24, 2.45) is 0 Å². The molecule has 6 heteroatoms. The van der Waals surface area contributed by atoms with Crippen LogP contribution in [0.3, 0.4) is 0 Å². The van der Waals surface area contributed by atoms with Crippen molar-refractivity contribution in [3.63, 3.8) is 0 Å². The predicted molar refractivity (Wildman–Crippen MR) is 61.5 cm³/mol. The summed E-state index contributed by atoms with van der Waals surface area (Å²) in [6, 6.07) is 0. The molecular formula is C9H13Cl2N3O. The number of nitrogens with one attached hydrogen (secondary N) is 1. The number of hydrogen-bond donors (Lipinski definition) is 2. The van der Waals surface area contributed by atoms with Crippen LogP contribution in [0.15, 0.2) is 6.20 Å². The van der Waals surface area contributed by atoms with Gasteiger partial charge in [-0.1, -0.05) is 18.5 Å². The monoisotopic (exact) mass is 249 g/mol. The molecule has 84 valence electrons. The summed E-state index contributed by atoms with van der Waals surface area (Å²) in [5.41, 5.74) is -0.791. The molecule has 0 spiro atoms. The minimum atomic E-state index is -0.791. The first-order valence-electron chi connectivity index (χ1n) is 4.59. The highest BCUT2D eigenvalue weighted by Crippen LogP contribution is 2.20. The maximum absolute atomic E-state index is 9.76. The lowest BCUT2D eigenvalue weighted by Gasteiger charge is -2.22. The van der Waals surface area contributed by atoms with Crippen LogP contribution in [0.25, 0.3) is 0 Å². The van der Waals surface area contributed by atoms with E-state index in [1.54, 1.807) is 6.92 Å². The van der Waals surface area contributed by atoms with E-state index in [1.165, 1.54) is 6.20 Å². The molecule has 1 heterocycles. The van der Waals surface area contributed by atoms with Crippen LogP contribution in [-0.4, -0.2) is 27.2 Å². The third kappa shape index (κ3) is 3.81. The molecule has 1 aromatic rings. The number of aliphatic hydroxyl groups is 1. The minimum absolute atomic E-state index is 0.123. The van der Waals surface area contributed by atoms with Crippen LogP contribution in [0.5, 0.6) is 0 Å². The van der Waals surface area contributed by atoms with Crippen molar-refractivity contribution < 1.29 is 5.11 Å². The second-order valence-corrected chi connectivity index (χ2v) is 4.28. The van der Waals surface area contributed by atoms with Crippen molar-refractivity contribution in [3.05, 3.63) is 16.5 Å². The van der Waals surface area contributed by atoms with Crippen LogP contribution in [0, 0.1) is 0 Å². The van der Waals surface area contributed by atoms with Gasteiger partial charge in [0.1, 0.15) is 10.8 Å². The lowest BCUT2D eigenvalue weighted by Crippen LogP contribution is -2.32. The van der Waals surface area contributed by atoms with Crippen molar-refractivity contribution in [2.45, 2.75) is 25.9 Å². The summed E-state index contributed by atoms with van der Waals surface area (Å²) in [5.74, 6) is 0.436. The van der Waals surface area contributed by atoms with Gasteiger partial charge in [-0.3, -0.25) is 0 Å². The highest BCUT2D eigenvalue weighted by atomic mass is 35.5. The van der Waals surface area contributed by atoms with E-state index >= 15 is 0 Å². The van der Waals surface area contributed by atoms with Crippen molar-refractivity contribution in [3.8, 4) is 0 Å². The van der Waals surface area contributed by atoms with Gasteiger partial charge in [-0.25, -0.2) is 4.98 Å². The zero-order valence-electron chi connectivity index (χ0n) is 8.59. The predicted octanol–water partition coefficient (Wildman–Crippen LogP) is 2.36. The lowest BCUT2D eigenvalue weighted by atomic mass is 10.0. The van der Waals surface area contributed by atoms with Gasteiger partial charge in [0.15, 0.2) is 0 Å². The van der Waals surface area contributed by atoms with Gasteiger partial charge in [-0.05, 0) is 24.9 Å². The molecule has 0 fully saturated rings. The Balaban J connectivity index is 2.69. The fourth-order valence-corrected chi connectivity index (χ4v) is 1.16. The summed E-state index contributed by atoms with van der Waals surface area (Å²) in [6.07, 6.45) is 2.05. The minimum Gasteiger partial charge on any atom is -0.388 e. The Morgan fingerprint density at radius 1 is 1.53 bits per heavy atom. The van der Waals surface area contributed by atoms with Gasteiger partial charge in [0, 0.05) is 6.54 Å². The van der Waals surface area contributed by atoms with Gasteiger partial charge < -0.3 is 10.4 Å². The van der Waals surface area contributed by atoms with Gasteiger partial charge in [-0.2, -0.15) is 4.98 Å². The molecule has 1 aromatic heterocycles. The molecule has 1 rings (SSSR count). The second kappa shape index (κ2) is 4.96. The average Bonchev–Trinajstić information content (AvgIpc) is 2.20. The molecule has 0 aliphatic rings. The standard InChI is InChI=1S/C9H13Cl2N3O/c1-3-9(2,15)5-13-7-6(10)4-12-8(11)14-7/h4,15H,3,5H2,1-2H3,(H,12,13,14).